The van der Waals surface area contributed by atoms with Crippen molar-refractivity contribution >= 4 is 70.2 Å². The Bertz CT molecular complexity index is 643. The van der Waals surface area contributed by atoms with E-state index in [0.717, 1.165) is 0 Å². The second kappa shape index (κ2) is 8.05. The Kier molecular flexibility index (Phi) is 6.70. The lowest BCUT2D eigenvalue weighted by molar-refractivity contribution is -0.154. The molecule has 2 saturated carbocycles. The molecule has 12 heteroatoms. The van der Waals surface area contributed by atoms with Crippen LogP contribution in [-0.2, 0) is 28.7 Å². The van der Waals surface area contributed by atoms with Crippen molar-refractivity contribution in [1.82, 2.24) is 10.6 Å². The van der Waals surface area contributed by atoms with E-state index in [4.69, 9.17) is 55.9 Å². The summed E-state index contributed by atoms with van der Waals surface area (Å²) in [4.78, 5) is 46.9. The number of carbonyl (C=O) groups is 4. The van der Waals surface area contributed by atoms with Gasteiger partial charge in [-0.3, -0.25) is 19.2 Å². The molecule has 2 atom stereocenters. The Morgan fingerprint density at radius 3 is 1.29 bits per heavy atom. The molecule has 0 saturated heterocycles. The van der Waals surface area contributed by atoms with E-state index in [1.165, 1.54) is 0 Å². The summed E-state index contributed by atoms with van der Waals surface area (Å²) in [5, 5.41) is 4.91. The van der Waals surface area contributed by atoms with Gasteiger partial charge in [-0.15, -0.1) is 46.4 Å². The molecule has 2 rings (SSSR count). The number of esters is 2. The molecule has 8 nitrogen and oxygen atoms in total. The lowest BCUT2D eigenvalue weighted by Gasteiger charge is -2.13. The molecule has 0 radical (unpaired) electrons. The van der Waals surface area contributed by atoms with Gasteiger partial charge in [0.15, 0.2) is 13.2 Å². The molecule has 0 unspecified atom stereocenters. The van der Waals surface area contributed by atoms with Crippen molar-refractivity contribution in [1.29, 1.82) is 0 Å². The highest BCUT2D eigenvalue weighted by Crippen LogP contribution is 2.64. The minimum absolute atomic E-state index is 0.0898. The summed E-state index contributed by atoms with van der Waals surface area (Å²) in [5.74, 6) is -2.39. The Hall–Kier alpha value is -0.960. The largest absolute Gasteiger partial charge is 0.455 e. The number of amides is 2. The predicted octanol–water partition coefficient (Wildman–Crippen LogP) is 1.47. The monoisotopic (exact) mass is 476 g/mol. The molecule has 0 aliphatic heterocycles. The first kappa shape index (κ1) is 23.3. The van der Waals surface area contributed by atoms with Crippen molar-refractivity contribution in [2.24, 2.45) is 10.8 Å². The van der Waals surface area contributed by atoms with Gasteiger partial charge in [0, 0.05) is 25.9 Å². The van der Waals surface area contributed by atoms with Crippen LogP contribution in [0.2, 0.25) is 0 Å². The van der Waals surface area contributed by atoms with Gasteiger partial charge in [0.25, 0.3) is 11.8 Å². The van der Waals surface area contributed by atoms with Gasteiger partial charge in [-0.25, -0.2) is 0 Å². The zero-order valence-electron chi connectivity index (χ0n) is 15.2. The lowest BCUT2D eigenvalue weighted by Crippen LogP contribution is -2.38. The molecule has 0 aromatic carbocycles. The van der Waals surface area contributed by atoms with Crippen LogP contribution in [0.25, 0.3) is 0 Å². The average molecular weight is 478 g/mol. The number of hydrogen-bond donors (Lipinski definition) is 2. The maximum absolute atomic E-state index is 11.8. The predicted molar refractivity (Wildman–Crippen MR) is 102 cm³/mol. The second-order valence-corrected chi connectivity index (χ2v) is 10.2. The summed E-state index contributed by atoms with van der Waals surface area (Å²) in [6, 6.07) is 0. The maximum Gasteiger partial charge on any atom is 0.315 e. The van der Waals surface area contributed by atoms with Crippen LogP contribution in [0.4, 0.5) is 0 Å². The van der Waals surface area contributed by atoms with E-state index < -0.39 is 56.5 Å². The van der Waals surface area contributed by atoms with E-state index in [1.807, 2.05) is 0 Å². The molecule has 0 heterocycles. The molecule has 0 spiro atoms. The van der Waals surface area contributed by atoms with Crippen molar-refractivity contribution in [3.8, 4) is 0 Å². The van der Waals surface area contributed by atoms with Crippen molar-refractivity contribution in [2.75, 3.05) is 26.3 Å². The van der Waals surface area contributed by atoms with Gasteiger partial charge in [0.05, 0.1) is 0 Å². The van der Waals surface area contributed by atoms with Crippen LogP contribution < -0.4 is 10.6 Å². The third-order valence-corrected chi connectivity index (χ3v) is 7.06. The number of halogens is 4. The van der Waals surface area contributed by atoms with E-state index in [9.17, 15) is 19.2 Å². The highest BCUT2D eigenvalue weighted by atomic mass is 35.5. The topological polar surface area (TPSA) is 111 Å². The van der Waals surface area contributed by atoms with Crippen LogP contribution in [0, 0.1) is 10.8 Å². The van der Waals surface area contributed by atoms with Gasteiger partial charge in [0.2, 0.25) is 0 Å². The van der Waals surface area contributed by atoms with Crippen molar-refractivity contribution in [3.63, 3.8) is 0 Å². The zero-order valence-corrected chi connectivity index (χ0v) is 18.2. The van der Waals surface area contributed by atoms with Crippen molar-refractivity contribution in [2.45, 2.75) is 35.4 Å². The Labute approximate surface area is 181 Å². The van der Waals surface area contributed by atoms with E-state index in [1.54, 1.807) is 13.8 Å². The van der Waals surface area contributed by atoms with Crippen molar-refractivity contribution in [3.05, 3.63) is 0 Å². The van der Waals surface area contributed by atoms with Gasteiger partial charge < -0.3 is 20.1 Å². The fraction of sp³-hybridized carbons (Fsp3) is 0.750. The number of nitrogens with one attached hydrogen (secondary N) is 2. The Balaban J connectivity index is 1.54. The van der Waals surface area contributed by atoms with Crippen LogP contribution in [0.1, 0.15) is 26.7 Å². The molecule has 0 aromatic rings. The fourth-order valence-electron chi connectivity index (χ4n) is 2.33. The first-order valence-electron chi connectivity index (χ1n) is 8.39. The molecule has 2 aliphatic rings. The molecule has 158 valence electrons. The standard InChI is InChI=1S/C16H20Cl4N2O6/c1-13(7-15(13,17)18)11(25)27-5-9(23)21-3-4-22-10(24)6-28-12(26)14(2)8-16(14,19)20/h3-8H2,1-2H3,(H,21,23)(H,22,24)/t13-,14-/m0/s1. The Morgan fingerprint density at radius 1 is 0.750 bits per heavy atom. The van der Waals surface area contributed by atoms with Gasteiger partial charge in [-0.2, -0.15) is 0 Å². The molecule has 0 aromatic heterocycles. The zero-order chi connectivity index (χ0) is 21.4. The molecule has 2 aliphatic carbocycles. The van der Waals surface area contributed by atoms with Crippen LogP contribution in [0.15, 0.2) is 0 Å². The number of ether oxygens (including phenoxy) is 2. The van der Waals surface area contributed by atoms with E-state index in [-0.39, 0.29) is 25.9 Å². The van der Waals surface area contributed by atoms with E-state index >= 15 is 0 Å². The van der Waals surface area contributed by atoms with Crippen molar-refractivity contribution < 1.29 is 28.7 Å². The number of alkyl halides is 4. The fourth-order valence-corrected chi connectivity index (χ4v) is 3.71. The number of hydrogen-bond acceptors (Lipinski definition) is 6. The molecule has 2 fully saturated rings. The summed E-state index contributed by atoms with van der Waals surface area (Å²) in [6.07, 6.45) is 0.520. The van der Waals surface area contributed by atoms with E-state index in [0.29, 0.717) is 0 Å². The normalized spacial score (nSPS) is 28.6. The third-order valence-electron chi connectivity index (χ3n) is 4.85. The van der Waals surface area contributed by atoms with Crippen LogP contribution in [0.5, 0.6) is 0 Å². The highest BCUT2D eigenvalue weighted by Gasteiger charge is 2.69. The first-order chi connectivity index (χ1) is 12.8. The third kappa shape index (κ3) is 4.96. The minimum atomic E-state index is -1.17. The van der Waals surface area contributed by atoms with E-state index in [2.05, 4.69) is 10.6 Å². The van der Waals surface area contributed by atoms with Gasteiger partial charge >= 0.3 is 11.9 Å². The average Bonchev–Trinajstić information content (AvgIpc) is 3.34. The van der Waals surface area contributed by atoms with Gasteiger partial charge in [-0.1, -0.05) is 0 Å². The van der Waals surface area contributed by atoms with Crippen LogP contribution in [0.3, 0.4) is 0 Å². The smallest absolute Gasteiger partial charge is 0.315 e. The SMILES string of the molecule is C[C@@]1(C(=O)OCC(=O)NCCNC(=O)COC(=O)[C@]2(C)CC2(Cl)Cl)CC1(Cl)Cl. The summed E-state index contributed by atoms with van der Waals surface area (Å²) < 4.78 is 7.42. The number of rotatable bonds is 9. The first-order valence-corrected chi connectivity index (χ1v) is 9.90. The second-order valence-electron chi connectivity index (χ2n) is 7.28. The Morgan fingerprint density at radius 2 is 1.04 bits per heavy atom. The molecule has 2 N–H and O–H groups in total. The van der Waals surface area contributed by atoms with Gasteiger partial charge in [-0.05, 0) is 13.8 Å². The molecule has 0 bridgehead atoms. The number of carbonyl (C=O) groups excluding carboxylic acids is 4. The summed E-state index contributed by atoms with van der Waals surface area (Å²) in [5.41, 5.74) is -2.02. The van der Waals surface area contributed by atoms with Crippen LogP contribution >= 0.6 is 46.4 Å². The summed E-state index contributed by atoms with van der Waals surface area (Å²) >= 11 is 23.4. The van der Waals surface area contributed by atoms with Gasteiger partial charge in [0.1, 0.15) is 19.5 Å². The molecular formula is C16H20Cl4N2O6. The lowest BCUT2D eigenvalue weighted by atomic mass is 10.1. The quantitative estimate of drug-likeness (QED) is 0.295. The molecule has 28 heavy (non-hydrogen) atoms. The molecular weight excluding hydrogens is 458 g/mol. The molecule has 2 amide bonds. The summed E-state index contributed by atoms with van der Waals surface area (Å²) in [6.45, 7) is 2.32. The van der Waals surface area contributed by atoms with Crippen LogP contribution in [-0.4, -0.2) is 58.7 Å². The minimum Gasteiger partial charge on any atom is -0.455 e. The highest BCUT2D eigenvalue weighted by molar-refractivity contribution is 6.53. The summed E-state index contributed by atoms with van der Waals surface area (Å²) in [7, 11) is 0. The maximum atomic E-state index is 11.8.